The summed E-state index contributed by atoms with van der Waals surface area (Å²) in [7, 11) is 3.30. The van der Waals surface area contributed by atoms with Crippen LogP contribution < -0.4 is 20.5 Å². The number of nitrogens with one attached hydrogen (secondary N) is 1. The van der Waals surface area contributed by atoms with Gasteiger partial charge in [-0.15, -0.1) is 12.4 Å². The van der Waals surface area contributed by atoms with E-state index in [2.05, 4.69) is 19.2 Å². The normalized spacial score (nSPS) is 14.4. The standard InChI is InChI=1S/C36H57FN2O5.ClH/c1-24(2)28(18-26-14-15-33(43-8)34(19-26)44-17-11-16-42-7)20-31(38)32(40)21-29(25(3)4)35(41)39-23-36(5,6)22-27-12-9-10-13-30(27)37;/h9-10,12-15,19,24-25,28-29,31-32,40H,11,16-18,20-23,38H2,1-8H3,(H,39,41);1H/t28-,29-,31-,32-;/m0./s1. The second kappa shape index (κ2) is 20.0. The molecule has 45 heavy (non-hydrogen) atoms. The van der Waals surface area contributed by atoms with E-state index in [0.29, 0.717) is 55.6 Å². The Balaban J connectivity index is 0.0000101. The molecule has 0 unspecified atom stereocenters. The number of methoxy groups -OCH3 is 2. The minimum absolute atomic E-state index is 0. The Morgan fingerprint density at radius 2 is 1.69 bits per heavy atom. The molecule has 2 aromatic carbocycles. The van der Waals surface area contributed by atoms with E-state index >= 15 is 0 Å². The number of nitrogens with two attached hydrogens (primary N) is 1. The fraction of sp³-hybridized carbons (Fsp3) is 0.639. The number of rotatable bonds is 20. The minimum atomic E-state index is -0.823. The van der Waals surface area contributed by atoms with Crippen LogP contribution in [0.1, 0.15) is 71.9 Å². The van der Waals surface area contributed by atoms with Crippen molar-refractivity contribution in [2.24, 2.45) is 34.8 Å². The maximum atomic E-state index is 14.2. The van der Waals surface area contributed by atoms with Gasteiger partial charge in [0, 0.05) is 38.6 Å². The summed E-state index contributed by atoms with van der Waals surface area (Å²) < 4.78 is 30.8. The Labute approximate surface area is 277 Å². The van der Waals surface area contributed by atoms with Gasteiger partial charge in [0.2, 0.25) is 5.91 Å². The van der Waals surface area contributed by atoms with Crippen molar-refractivity contribution in [2.75, 3.05) is 34.0 Å². The number of benzene rings is 2. The zero-order valence-electron chi connectivity index (χ0n) is 28.6. The van der Waals surface area contributed by atoms with Gasteiger partial charge in [-0.05, 0) is 78.2 Å². The van der Waals surface area contributed by atoms with Crippen molar-refractivity contribution >= 4 is 18.3 Å². The third-order valence-electron chi connectivity index (χ3n) is 8.49. The van der Waals surface area contributed by atoms with Crippen molar-refractivity contribution in [3.8, 4) is 11.5 Å². The predicted molar refractivity (Wildman–Crippen MR) is 183 cm³/mol. The largest absolute Gasteiger partial charge is 0.493 e. The van der Waals surface area contributed by atoms with Crippen LogP contribution in [0.25, 0.3) is 0 Å². The molecule has 0 spiro atoms. The third-order valence-corrected chi connectivity index (χ3v) is 8.49. The maximum absolute atomic E-state index is 14.2. The van der Waals surface area contributed by atoms with Crippen LogP contribution in [-0.4, -0.2) is 57.1 Å². The van der Waals surface area contributed by atoms with Gasteiger partial charge in [0.25, 0.3) is 0 Å². The van der Waals surface area contributed by atoms with Gasteiger partial charge in [0.15, 0.2) is 11.5 Å². The molecule has 4 N–H and O–H groups in total. The lowest BCUT2D eigenvalue weighted by molar-refractivity contribution is -0.128. The van der Waals surface area contributed by atoms with Crippen molar-refractivity contribution in [3.63, 3.8) is 0 Å². The number of amides is 1. The molecule has 0 saturated carbocycles. The van der Waals surface area contributed by atoms with E-state index in [1.807, 2.05) is 52.0 Å². The van der Waals surface area contributed by atoms with E-state index in [1.54, 1.807) is 26.4 Å². The van der Waals surface area contributed by atoms with Gasteiger partial charge < -0.3 is 30.4 Å². The van der Waals surface area contributed by atoms with Crippen LogP contribution in [0.15, 0.2) is 42.5 Å². The summed E-state index contributed by atoms with van der Waals surface area (Å²) in [5, 5.41) is 14.3. The van der Waals surface area contributed by atoms with E-state index in [1.165, 1.54) is 6.07 Å². The molecule has 4 atom stereocenters. The molecule has 2 rings (SSSR count). The summed E-state index contributed by atoms with van der Waals surface area (Å²) in [6, 6.07) is 12.3. The quantitative estimate of drug-likeness (QED) is 0.139. The van der Waals surface area contributed by atoms with Gasteiger partial charge in [0.1, 0.15) is 5.82 Å². The van der Waals surface area contributed by atoms with E-state index < -0.39 is 18.1 Å². The van der Waals surface area contributed by atoms with Crippen molar-refractivity contribution in [1.82, 2.24) is 5.32 Å². The first-order valence-corrected chi connectivity index (χ1v) is 16.0. The summed E-state index contributed by atoms with van der Waals surface area (Å²) in [6.07, 6.45) is 2.15. The summed E-state index contributed by atoms with van der Waals surface area (Å²) in [5.74, 6) is 1.24. The molecule has 1 amide bonds. The second-order valence-corrected chi connectivity index (χ2v) is 13.6. The Bertz CT molecular complexity index is 1150. The Kier molecular flexibility index (Phi) is 18.0. The number of hydrogen-bond acceptors (Lipinski definition) is 6. The highest BCUT2D eigenvalue weighted by molar-refractivity contribution is 5.85. The summed E-state index contributed by atoms with van der Waals surface area (Å²) in [4.78, 5) is 13.3. The van der Waals surface area contributed by atoms with Crippen LogP contribution in [-0.2, 0) is 22.4 Å². The number of carbonyl (C=O) groups excluding carboxylic acids is 1. The second-order valence-electron chi connectivity index (χ2n) is 13.6. The maximum Gasteiger partial charge on any atom is 0.223 e. The van der Waals surface area contributed by atoms with Gasteiger partial charge in [-0.25, -0.2) is 4.39 Å². The van der Waals surface area contributed by atoms with Crippen molar-refractivity contribution < 1.29 is 28.5 Å². The molecule has 0 aliphatic rings. The number of ether oxygens (including phenoxy) is 3. The molecule has 0 heterocycles. The van der Waals surface area contributed by atoms with E-state index in [0.717, 1.165) is 18.4 Å². The molecular formula is C36H58ClFN2O5. The number of carbonyl (C=O) groups is 1. The van der Waals surface area contributed by atoms with Crippen LogP contribution in [0.2, 0.25) is 0 Å². The van der Waals surface area contributed by atoms with Crippen LogP contribution >= 0.6 is 12.4 Å². The van der Waals surface area contributed by atoms with E-state index in [4.69, 9.17) is 19.9 Å². The first-order chi connectivity index (χ1) is 20.8. The molecule has 256 valence electrons. The van der Waals surface area contributed by atoms with Gasteiger partial charge in [0.05, 0.1) is 19.8 Å². The van der Waals surface area contributed by atoms with Gasteiger partial charge in [-0.1, -0.05) is 65.8 Å². The van der Waals surface area contributed by atoms with Crippen LogP contribution in [0, 0.1) is 34.9 Å². The lowest BCUT2D eigenvalue weighted by Gasteiger charge is -2.31. The summed E-state index contributed by atoms with van der Waals surface area (Å²) in [6.45, 7) is 13.9. The van der Waals surface area contributed by atoms with Crippen LogP contribution in [0.3, 0.4) is 0 Å². The molecule has 9 heteroatoms. The van der Waals surface area contributed by atoms with Gasteiger partial charge >= 0.3 is 0 Å². The molecule has 0 fully saturated rings. The smallest absolute Gasteiger partial charge is 0.223 e. The summed E-state index contributed by atoms with van der Waals surface area (Å²) >= 11 is 0. The number of aliphatic hydroxyl groups excluding tert-OH is 1. The minimum Gasteiger partial charge on any atom is -0.493 e. The van der Waals surface area contributed by atoms with Crippen molar-refractivity contribution in [3.05, 3.63) is 59.4 Å². The molecule has 0 aliphatic carbocycles. The molecule has 0 aliphatic heterocycles. The van der Waals surface area contributed by atoms with Crippen LogP contribution in [0.5, 0.6) is 11.5 Å². The molecule has 2 aromatic rings. The number of hydrogen-bond donors (Lipinski definition) is 3. The molecular weight excluding hydrogens is 595 g/mol. The predicted octanol–water partition coefficient (Wildman–Crippen LogP) is 6.61. The number of aliphatic hydroxyl groups is 1. The monoisotopic (exact) mass is 652 g/mol. The third kappa shape index (κ3) is 13.9. The SMILES string of the molecule is COCCCOc1cc(C[C@@H](C[C@H](N)[C@@H](O)C[C@H](C(=O)NCC(C)(C)Cc2ccccc2F)C(C)C)C(C)C)ccc1OC.Cl. The first-order valence-electron chi connectivity index (χ1n) is 16.0. The average Bonchev–Trinajstić information content (AvgIpc) is 2.97. The molecule has 0 bridgehead atoms. The van der Waals surface area contributed by atoms with Gasteiger partial charge in [-0.3, -0.25) is 4.79 Å². The fourth-order valence-corrected chi connectivity index (χ4v) is 5.54. The highest BCUT2D eigenvalue weighted by Crippen LogP contribution is 2.32. The molecule has 7 nitrogen and oxygen atoms in total. The van der Waals surface area contributed by atoms with Gasteiger partial charge in [-0.2, -0.15) is 0 Å². The summed E-state index contributed by atoms with van der Waals surface area (Å²) in [5.41, 5.74) is 8.01. The van der Waals surface area contributed by atoms with Crippen molar-refractivity contribution in [2.45, 2.75) is 85.8 Å². The lowest BCUT2D eigenvalue weighted by Crippen LogP contribution is -2.44. The van der Waals surface area contributed by atoms with E-state index in [9.17, 15) is 14.3 Å². The first kappa shape index (κ1) is 40.6. The van der Waals surface area contributed by atoms with E-state index in [-0.39, 0.29) is 47.8 Å². The number of halogens is 2. The Morgan fingerprint density at radius 1 is 1.00 bits per heavy atom. The molecule has 0 saturated heterocycles. The highest BCUT2D eigenvalue weighted by atomic mass is 35.5. The molecule has 0 radical (unpaired) electrons. The topological polar surface area (TPSA) is 103 Å². The zero-order chi connectivity index (χ0) is 32.9. The highest BCUT2D eigenvalue weighted by Gasteiger charge is 2.31. The molecule has 0 aromatic heterocycles. The average molecular weight is 653 g/mol. The Hall–Kier alpha value is -2.39. The van der Waals surface area contributed by atoms with Crippen LogP contribution in [0.4, 0.5) is 4.39 Å². The fourth-order valence-electron chi connectivity index (χ4n) is 5.54. The lowest BCUT2D eigenvalue weighted by atomic mass is 9.80. The zero-order valence-corrected chi connectivity index (χ0v) is 29.4. The van der Waals surface area contributed by atoms with Crippen molar-refractivity contribution in [1.29, 1.82) is 0 Å². The Morgan fingerprint density at radius 3 is 2.29 bits per heavy atom.